The van der Waals surface area contributed by atoms with Crippen LogP contribution in [0.4, 0.5) is 0 Å². The van der Waals surface area contributed by atoms with E-state index in [0.29, 0.717) is 149 Å². The molecule has 0 unspecified atom stereocenters. The number of Topliss-reactive ketones (excluding diaryl/α,β-unsaturated/α-hetero) is 1. The number of rotatable bonds is 0. The molecule has 0 aromatic rings. The Morgan fingerprint density at radius 3 is 1.47 bits per heavy atom. The van der Waals surface area contributed by atoms with E-state index in [1.165, 1.54) is 51.0 Å². The van der Waals surface area contributed by atoms with Gasteiger partial charge in [-0.1, -0.05) is 70.1 Å². The van der Waals surface area contributed by atoms with Gasteiger partial charge in [0, 0.05) is 158 Å². The Balaban J connectivity index is 0.0000000816. The Hall–Kier alpha value is -2.93. The number of fused-ring (bicyclic) bond motifs is 12. The molecule has 28 fully saturated rings. The van der Waals surface area contributed by atoms with Gasteiger partial charge in [0.05, 0.1) is 182 Å². The van der Waals surface area contributed by atoms with Crippen LogP contribution in [0.1, 0.15) is 298 Å². The Bertz CT molecular complexity index is 5290. The Labute approximate surface area is 810 Å². The van der Waals surface area contributed by atoms with Crippen molar-refractivity contribution in [2.45, 2.75) is 419 Å². The van der Waals surface area contributed by atoms with Gasteiger partial charge in [0.25, 0.3) is 0 Å². The minimum atomic E-state index is -0.883. The number of ether oxygens (including phenoxy) is 22. The molecule has 34 aliphatic rings. The highest BCUT2D eigenvalue weighted by atomic mass is 16.8. The van der Waals surface area contributed by atoms with Gasteiger partial charge in [0.1, 0.15) is 5.60 Å². The lowest BCUT2D eigenvalue weighted by molar-refractivity contribution is -0.282. The molecule has 34 rings (SSSR count). The Morgan fingerprint density at radius 2 is 0.855 bits per heavy atom. The summed E-state index contributed by atoms with van der Waals surface area (Å²) in [5.74, 6) is -2.84. The zero-order valence-electron chi connectivity index (χ0n) is 82.5. The smallest absolute Gasteiger partial charge is 0.174 e. The summed E-state index contributed by atoms with van der Waals surface area (Å²) in [6, 6.07) is 0. The van der Waals surface area contributed by atoms with Gasteiger partial charge in [-0.3, -0.25) is 4.79 Å². The summed E-state index contributed by atoms with van der Waals surface area (Å²) < 4.78 is 139. The van der Waals surface area contributed by atoms with Crippen LogP contribution in [-0.4, -0.2) is 266 Å². The molecule has 14 saturated carbocycles. The fraction of sp³-hybridized carbons (Fsp3) is 0.883. The molecule has 19 spiro atoms. The predicted octanol–water partition coefficient (Wildman–Crippen LogP) is 14.3. The molecule has 138 heavy (non-hydrogen) atoms. The number of hydrogen-bond donors (Lipinski definition) is 4. The molecule has 17 aliphatic carbocycles. The van der Waals surface area contributed by atoms with E-state index in [1.54, 1.807) is 0 Å². The van der Waals surface area contributed by atoms with E-state index < -0.39 is 69.7 Å². The van der Waals surface area contributed by atoms with Gasteiger partial charge in [0.15, 0.2) is 57.9 Å². The van der Waals surface area contributed by atoms with Crippen molar-refractivity contribution >= 4 is 5.78 Å². The van der Waals surface area contributed by atoms with Gasteiger partial charge in [-0.2, -0.15) is 0 Å². The highest BCUT2D eigenvalue weighted by Gasteiger charge is 2.98. The van der Waals surface area contributed by atoms with E-state index in [0.717, 1.165) is 250 Å². The standard InChI is InChI=1S/C23H32O6.C22H30O6.C22H28O6.C22H32O6.C22H28O3/c1-17-12-16(24)21-13-18(21)4-6-20(25-8-9-26-20)14-19(18)5-7-22(21,29-19)15(17)2-3-23(17)27-10-11-28-23;2*1-18-12-15(23)17-14-2-4-20(24-8-9-25-20)13-19(14)6-7-21(17,28-19)16(18)3-5-22(18)26-10-11-27-22;1-19-13-16(23)18-15-3-5-20(25-8-9-26-20)12-14(15)2-6-21(18,24)17(19)4-7-22(19)27-10-11-28-22;1-15-3-4-18-19(15,2)7-5-17-13-16-6-8-21(23-11-12-24-21)14-20(16)9-10-22(17,18)25-20/h15-16,24H,2-14H2,1H3;15-16,23H,2-13H2,1H3;16H,2-13H2,1H3;16-18,23-24H,2-13H2,1H3;5,13,18H,1,3-4,6-12,14H2,2H3/t15-,16+,17+,18+,19-,21-,22+;15-,16+,18-,19+,21-;16-,18+,19-,21+;16-,17-,18+,19+,21+;18-,19-,20-,22-/m10111/s1. The summed E-state index contributed by atoms with van der Waals surface area (Å²) in [7, 11) is 0. The number of carbonyl (C=O) groups excluding carboxylic acids is 1. The minimum absolute atomic E-state index is 0.0766. The van der Waals surface area contributed by atoms with Crippen LogP contribution in [0, 0.1) is 73.4 Å². The molecular weight excluding hydrogens is 1770 g/mol. The van der Waals surface area contributed by atoms with E-state index in [1.807, 2.05) is 0 Å². The van der Waals surface area contributed by atoms with Gasteiger partial charge < -0.3 is 125 Å². The molecule has 27 heteroatoms. The van der Waals surface area contributed by atoms with Crippen molar-refractivity contribution in [3.63, 3.8) is 0 Å². The van der Waals surface area contributed by atoms with E-state index in [-0.39, 0.29) is 113 Å². The monoisotopic (exact) mass is 1920 g/mol. The number of carbonyl (C=O) groups is 1. The van der Waals surface area contributed by atoms with Gasteiger partial charge in [0.2, 0.25) is 0 Å². The maximum absolute atomic E-state index is 13.6. The first-order chi connectivity index (χ1) is 66.3. The van der Waals surface area contributed by atoms with Crippen LogP contribution >= 0.6 is 0 Å². The fourth-order valence-electron chi connectivity index (χ4n) is 42.3. The number of hydrogen-bond acceptors (Lipinski definition) is 27. The van der Waals surface area contributed by atoms with Crippen molar-refractivity contribution in [1.82, 2.24) is 0 Å². The lowest BCUT2D eigenvalue weighted by Crippen LogP contribution is -2.65. The average Bonchev–Trinajstić information content (AvgIpc) is 1.41. The van der Waals surface area contributed by atoms with E-state index in [9.17, 15) is 25.2 Å². The second-order valence-corrected chi connectivity index (χ2v) is 51.7. The fourth-order valence-corrected chi connectivity index (χ4v) is 42.3. The van der Waals surface area contributed by atoms with Crippen molar-refractivity contribution in [3.05, 3.63) is 68.9 Å². The van der Waals surface area contributed by atoms with Crippen LogP contribution in [0.2, 0.25) is 0 Å². The van der Waals surface area contributed by atoms with Crippen molar-refractivity contribution in [1.29, 1.82) is 0 Å². The molecular formula is C111H150O27. The van der Waals surface area contributed by atoms with E-state index >= 15 is 0 Å². The summed E-state index contributed by atoms with van der Waals surface area (Å²) in [5, 5.41) is 46.6. The number of allylic oxidation sites excluding steroid dienone is 2. The van der Waals surface area contributed by atoms with Crippen LogP contribution in [0.3, 0.4) is 0 Å². The van der Waals surface area contributed by atoms with Crippen LogP contribution in [-0.2, 0) is 109 Å². The quantitative estimate of drug-likeness (QED) is 0.164. The zero-order valence-corrected chi connectivity index (χ0v) is 82.5. The molecule has 17 aliphatic heterocycles. The summed E-state index contributed by atoms with van der Waals surface area (Å²) in [6.45, 7) is 27.8. The van der Waals surface area contributed by atoms with Crippen molar-refractivity contribution < 1.29 is 129 Å². The van der Waals surface area contributed by atoms with Crippen LogP contribution < -0.4 is 0 Å². The largest absolute Gasteiger partial charge is 0.392 e. The average molecular weight is 1920 g/mol. The Morgan fingerprint density at radius 1 is 0.377 bits per heavy atom. The van der Waals surface area contributed by atoms with Crippen LogP contribution in [0.25, 0.3) is 0 Å². The van der Waals surface area contributed by atoms with Gasteiger partial charge in [-0.15, -0.1) is 0 Å². The van der Waals surface area contributed by atoms with Crippen molar-refractivity contribution in [2.75, 3.05) is 119 Å². The number of aliphatic hydroxyl groups is 4. The molecule has 0 radical (unpaired) electrons. The molecule has 0 aromatic heterocycles. The van der Waals surface area contributed by atoms with E-state index in [4.69, 9.17) is 104 Å². The molecule has 14 saturated heterocycles. The third kappa shape index (κ3) is 10.8. The number of ketones is 1. The molecule has 25 atom stereocenters. The lowest BCUT2D eigenvalue weighted by atomic mass is 9.48. The van der Waals surface area contributed by atoms with Gasteiger partial charge >= 0.3 is 0 Å². The molecule has 756 valence electrons. The molecule has 8 bridgehead atoms. The topological polar surface area (TPSA) is 301 Å². The Kier molecular flexibility index (Phi) is 18.8. The molecule has 4 N–H and O–H groups in total. The molecule has 27 nitrogen and oxygen atoms in total. The summed E-state index contributed by atoms with van der Waals surface area (Å²) in [4.78, 5) is 13.6. The molecule has 0 amide bonds. The highest BCUT2D eigenvalue weighted by molar-refractivity contribution is 6.01. The first-order valence-corrected chi connectivity index (χ1v) is 55.2. The normalized spacial score (nSPS) is 52.7. The van der Waals surface area contributed by atoms with Crippen molar-refractivity contribution in [2.24, 2.45) is 73.4 Å². The third-order valence-corrected chi connectivity index (χ3v) is 47.5. The first kappa shape index (κ1) is 90.2. The summed E-state index contributed by atoms with van der Waals surface area (Å²) in [5.41, 5.74) is 8.05. The second-order valence-electron chi connectivity index (χ2n) is 51.7. The number of aliphatic hydroxyl groups excluding tert-OH is 3. The maximum Gasteiger partial charge on any atom is 0.174 e. The second kappa shape index (κ2) is 28.8. The first-order valence-electron chi connectivity index (χ1n) is 55.2. The molecule has 17 heterocycles. The minimum Gasteiger partial charge on any atom is -0.392 e. The van der Waals surface area contributed by atoms with E-state index in [2.05, 4.69) is 53.3 Å². The SMILES string of the molecule is C=C1CC[C@@H]2[C@]1(C)CC=C1C=C3CCC4(C[C@]35CC[C@@]12O5)OCCO4.C[C@]12CC(=O)C3=C4CCC5(C[C@]46CC[C@]3(O6)[C@@H]1CCC21OCCO1)OCCO5.C[C@]12C[C@@H](O)[C@@H]3C4=C(CC[C@]3(O)[C@@H]1CCC21OCCO1)CC1(CC4)OCCO1.C[C@]12C[C@H](O)C3=C4CCC5(C[C@]46CC[C@]3(O6)[C@@H]1CCC21OCCO1)OCCO5.C[C@]12C[C@H](O)[C@]34C[C@]35CCC3(C[C@]56CC[C@]4(O6)[C@@H]1CCC21OCCO1)OCCO3. The van der Waals surface area contributed by atoms with Crippen molar-refractivity contribution in [3.8, 4) is 0 Å². The lowest BCUT2D eigenvalue weighted by Gasteiger charge is -2.60. The van der Waals surface area contributed by atoms with Crippen LogP contribution in [0.15, 0.2) is 68.9 Å². The molecule has 0 aromatic carbocycles. The zero-order chi connectivity index (χ0) is 93.2. The highest BCUT2D eigenvalue weighted by Crippen LogP contribution is 2.95. The summed E-state index contributed by atoms with van der Waals surface area (Å²) in [6.07, 6.45) is 41.4. The van der Waals surface area contributed by atoms with Crippen LogP contribution in [0.5, 0.6) is 0 Å². The van der Waals surface area contributed by atoms with Gasteiger partial charge in [-0.25, -0.2) is 0 Å². The van der Waals surface area contributed by atoms with Gasteiger partial charge in [-0.05, 0) is 212 Å². The summed E-state index contributed by atoms with van der Waals surface area (Å²) >= 11 is 0. The predicted molar refractivity (Wildman–Crippen MR) is 488 cm³/mol. The third-order valence-electron chi connectivity index (χ3n) is 47.5. The maximum atomic E-state index is 13.6.